The van der Waals surface area contributed by atoms with Crippen LogP contribution in [0.4, 0.5) is 4.39 Å². The number of piperidine rings is 1. The lowest BCUT2D eigenvalue weighted by atomic mass is 9.99. The van der Waals surface area contributed by atoms with Crippen molar-refractivity contribution in [2.75, 3.05) is 20.2 Å². The predicted molar refractivity (Wildman–Crippen MR) is 126 cm³/mol. The molecule has 6 nitrogen and oxygen atoms in total. The van der Waals surface area contributed by atoms with E-state index in [1.54, 1.807) is 25.6 Å². The molecule has 0 spiro atoms. The summed E-state index contributed by atoms with van der Waals surface area (Å²) in [4.78, 5) is 12.5. The van der Waals surface area contributed by atoms with Crippen LogP contribution in [0.25, 0.3) is 11.8 Å². The Morgan fingerprint density at radius 2 is 2.00 bits per heavy atom. The average Bonchev–Trinajstić information content (AvgIpc) is 3.14. The van der Waals surface area contributed by atoms with Gasteiger partial charge in [0.05, 0.1) is 24.8 Å². The van der Waals surface area contributed by atoms with Crippen molar-refractivity contribution in [1.82, 2.24) is 14.5 Å². The number of oxime groups is 1. The molecule has 33 heavy (non-hydrogen) atoms. The van der Waals surface area contributed by atoms with E-state index >= 15 is 0 Å². The number of amidine groups is 1. The molecular weight excluding hydrogens is 419 g/mol. The standard InChI is InChI=1S/C26H27FN4O2/c1-18-16-31(17-28-18)23-10-5-19(15-25(23)32-2)14-21-4-3-12-30-13-11-24(33-29-26(21)30)20-6-8-22(27)9-7-20/h5-10,14-17,24H,3-4,11-13H2,1-2H3/t24-/m1/s1. The lowest BCUT2D eigenvalue weighted by molar-refractivity contribution is 0.0576. The van der Waals surface area contributed by atoms with Crippen molar-refractivity contribution in [2.24, 2.45) is 5.16 Å². The molecule has 5 rings (SSSR count). The Morgan fingerprint density at radius 1 is 1.15 bits per heavy atom. The summed E-state index contributed by atoms with van der Waals surface area (Å²) < 4.78 is 20.9. The van der Waals surface area contributed by atoms with Crippen LogP contribution in [0.2, 0.25) is 0 Å². The summed E-state index contributed by atoms with van der Waals surface area (Å²) in [5, 5.41) is 4.55. The van der Waals surface area contributed by atoms with Gasteiger partial charge in [-0.25, -0.2) is 9.37 Å². The van der Waals surface area contributed by atoms with Crippen LogP contribution in [0.1, 0.15) is 42.2 Å². The summed E-state index contributed by atoms with van der Waals surface area (Å²) in [5.41, 5.74) is 5.04. The van der Waals surface area contributed by atoms with Crippen LogP contribution < -0.4 is 4.74 Å². The van der Waals surface area contributed by atoms with Gasteiger partial charge < -0.3 is 19.0 Å². The average molecular weight is 447 g/mol. The van der Waals surface area contributed by atoms with Crippen molar-refractivity contribution >= 4 is 11.9 Å². The zero-order chi connectivity index (χ0) is 22.8. The highest BCUT2D eigenvalue weighted by Gasteiger charge is 2.27. The van der Waals surface area contributed by atoms with Gasteiger partial charge in [0, 0.05) is 25.7 Å². The van der Waals surface area contributed by atoms with Crippen molar-refractivity contribution in [3.05, 3.63) is 83.2 Å². The van der Waals surface area contributed by atoms with Crippen molar-refractivity contribution < 1.29 is 14.0 Å². The Labute approximate surface area is 192 Å². The Balaban J connectivity index is 1.42. The van der Waals surface area contributed by atoms with Gasteiger partial charge in [0.15, 0.2) is 11.9 Å². The van der Waals surface area contributed by atoms with E-state index in [4.69, 9.17) is 9.57 Å². The number of aromatic nitrogens is 2. The molecule has 2 aliphatic rings. The van der Waals surface area contributed by atoms with E-state index in [1.807, 2.05) is 29.8 Å². The van der Waals surface area contributed by atoms with Gasteiger partial charge in [-0.2, -0.15) is 0 Å². The molecule has 0 amide bonds. The number of rotatable bonds is 4. The molecule has 1 atom stereocenters. The fraction of sp³-hybridized carbons (Fsp3) is 0.308. The second kappa shape index (κ2) is 9.10. The quantitative estimate of drug-likeness (QED) is 0.547. The van der Waals surface area contributed by atoms with Gasteiger partial charge in [0.2, 0.25) is 0 Å². The highest BCUT2D eigenvalue weighted by molar-refractivity contribution is 6.02. The van der Waals surface area contributed by atoms with E-state index < -0.39 is 0 Å². The molecule has 170 valence electrons. The van der Waals surface area contributed by atoms with E-state index in [9.17, 15) is 4.39 Å². The molecule has 1 aromatic heterocycles. The van der Waals surface area contributed by atoms with Crippen molar-refractivity contribution in [1.29, 1.82) is 0 Å². The number of halogens is 1. The first-order valence-corrected chi connectivity index (χ1v) is 11.2. The molecule has 0 radical (unpaired) electrons. The number of nitrogens with zero attached hydrogens (tertiary/aromatic N) is 4. The third-order valence-corrected chi connectivity index (χ3v) is 6.16. The first-order chi connectivity index (χ1) is 16.1. The Kier molecular flexibility index (Phi) is 5.86. The van der Waals surface area contributed by atoms with E-state index in [-0.39, 0.29) is 11.9 Å². The summed E-state index contributed by atoms with van der Waals surface area (Å²) in [6.07, 6.45) is 8.56. The third-order valence-electron chi connectivity index (χ3n) is 6.16. The Bertz CT molecular complexity index is 1200. The van der Waals surface area contributed by atoms with Crippen LogP contribution >= 0.6 is 0 Å². The molecule has 7 heteroatoms. The zero-order valence-corrected chi connectivity index (χ0v) is 18.9. The van der Waals surface area contributed by atoms with E-state index in [0.29, 0.717) is 0 Å². The van der Waals surface area contributed by atoms with Crippen LogP contribution in [0.3, 0.4) is 0 Å². The van der Waals surface area contributed by atoms with Crippen LogP contribution in [0, 0.1) is 12.7 Å². The Morgan fingerprint density at radius 3 is 2.76 bits per heavy atom. The monoisotopic (exact) mass is 446 g/mol. The maximum absolute atomic E-state index is 13.3. The number of benzene rings is 2. The number of ether oxygens (including phenoxy) is 1. The molecule has 3 heterocycles. The van der Waals surface area contributed by atoms with Crippen LogP contribution in [-0.4, -0.2) is 40.5 Å². The maximum Gasteiger partial charge on any atom is 0.171 e. The summed E-state index contributed by atoms with van der Waals surface area (Å²) >= 11 is 0. The number of fused-ring (bicyclic) bond motifs is 1. The summed E-state index contributed by atoms with van der Waals surface area (Å²) in [6.45, 7) is 3.77. The summed E-state index contributed by atoms with van der Waals surface area (Å²) in [6, 6.07) is 12.7. The van der Waals surface area contributed by atoms with E-state index in [0.717, 1.165) is 72.0 Å². The Hall–Kier alpha value is -3.61. The van der Waals surface area contributed by atoms with Gasteiger partial charge in [-0.1, -0.05) is 23.4 Å². The third kappa shape index (κ3) is 4.49. The number of methoxy groups -OCH3 is 1. The minimum Gasteiger partial charge on any atom is -0.495 e. The summed E-state index contributed by atoms with van der Waals surface area (Å²) in [7, 11) is 1.68. The van der Waals surface area contributed by atoms with Crippen LogP contribution in [0.5, 0.6) is 5.75 Å². The molecule has 0 aliphatic carbocycles. The van der Waals surface area contributed by atoms with Gasteiger partial charge in [-0.15, -0.1) is 0 Å². The topological polar surface area (TPSA) is 51.9 Å². The molecule has 2 aromatic carbocycles. The molecule has 3 aromatic rings. The highest BCUT2D eigenvalue weighted by Crippen LogP contribution is 2.31. The molecule has 0 bridgehead atoms. The first kappa shape index (κ1) is 21.2. The fourth-order valence-corrected chi connectivity index (χ4v) is 4.45. The first-order valence-electron chi connectivity index (χ1n) is 11.2. The minimum atomic E-state index is -0.244. The van der Waals surface area contributed by atoms with E-state index in [1.165, 1.54) is 12.1 Å². The van der Waals surface area contributed by atoms with Crippen molar-refractivity contribution in [3.8, 4) is 11.4 Å². The van der Waals surface area contributed by atoms with Crippen LogP contribution in [0.15, 0.2) is 65.7 Å². The molecule has 0 N–H and O–H groups in total. The van der Waals surface area contributed by atoms with Crippen molar-refractivity contribution in [3.63, 3.8) is 0 Å². The number of imidazole rings is 1. The SMILES string of the molecule is COc1cc(C=C2CCCN3CC[C@H](c4ccc(F)cc4)ON=C23)ccc1-n1cnc(C)c1. The zero-order valence-electron chi connectivity index (χ0n) is 18.9. The van der Waals surface area contributed by atoms with Gasteiger partial charge in [0.25, 0.3) is 0 Å². The molecule has 1 fully saturated rings. The predicted octanol–water partition coefficient (Wildman–Crippen LogP) is 5.28. The van der Waals surface area contributed by atoms with Gasteiger partial charge in [0.1, 0.15) is 11.6 Å². The van der Waals surface area contributed by atoms with Crippen LogP contribution in [-0.2, 0) is 4.84 Å². The lowest BCUT2D eigenvalue weighted by Gasteiger charge is -2.29. The molecule has 2 aliphatic heterocycles. The number of hydrogen-bond donors (Lipinski definition) is 0. The normalized spacial score (nSPS) is 19.5. The smallest absolute Gasteiger partial charge is 0.171 e. The van der Waals surface area contributed by atoms with Gasteiger partial charge in [-0.3, -0.25) is 0 Å². The van der Waals surface area contributed by atoms with Gasteiger partial charge >= 0.3 is 0 Å². The fourth-order valence-electron chi connectivity index (χ4n) is 4.45. The molecule has 0 saturated carbocycles. The van der Waals surface area contributed by atoms with E-state index in [2.05, 4.69) is 27.2 Å². The molecule has 0 unspecified atom stereocenters. The second-order valence-electron chi connectivity index (χ2n) is 8.46. The summed E-state index contributed by atoms with van der Waals surface area (Å²) in [5.74, 6) is 1.43. The minimum absolute atomic E-state index is 0.178. The molecule has 1 saturated heterocycles. The lowest BCUT2D eigenvalue weighted by Crippen LogP contribution is -2.37. The number of aryl methyl sites for hydroxylation is 1. The largest absolute Gasteiger partial charge is 0.495 e. The second-order valence-corrected chi connectivity index (χ2v) is 8.46. The molecular formula is C26H27FN4O2. The van der Waals surface area contributed by atoms with Gasteiger partial charge in [-0.05, 0) is 66.8 Å². The maximum atomic E-state index is 13.3. The highest BCUT2D eigenvalue weighted by atomic mass is 19.1. The number of hydrogen-bond acceptors (Lipinski definition) is 5. The van der Waals surface area contributed by atoms with Crippen molar-refractivity contribution in [2.45, 2.75) is 32.3 Å².